The van der Waals surface area contributed by atoms with Crippen molar-refractivity contribution in [3.8, 4) is 11.5 Å². The first-order valence-corrected chi connectivity index (χ1v) is 4.34. The van der Waals surface area contributed by atoms with Crippen LogP contribution in [-0.4, -0.2) is 21.6 Å². The van der Waals surface area contributed by atoms with E-state index in [1.165, 1.54) is 0 Å². The van der Waals surface area contributed by atoms with Crippen LogP contribution in [0.5, 0.6) is 11.5 Å². The molecular formula is C10H13BO2. The van der Waals surface area contributed by atoms with Gasteiger partial charge in [0.15, 0.2) is 11.5 Å². The van der Waals surface area contributed by atoms with Crippen LogP contribution in [-0.2, 0) is 0 Å². The zero-order chi connectivity index (χ0) is 9.52. The summed E-state index contributed by atoms with van der Waals surface area (Å²) >= 11 is 0. The minimum absolute atomic E-state index is 0.636. The fourth-order valence-electron chi connectivity index (χ4n) is 1.00. The standard InChI is InChI=1S/C10H13BO2/c1-12-9-5-2-3-6-10(9)13-8-4-7-11/h2-3,5-6H,4,7-8H2,1H3. The fraction of sp³-hybridized carbons (Fsp3) is 0.400. The predicted molar refractivity (Wildman–Crippen MR) is 53.7 cm³/mol. The summed E-state index contributed by atoms with van der Waals surface area (Å²) in [5.74, 6) is 1.54. The molecule has 0 aliphatic carbocycles. The molecule has 0 spiro atoms. The van der Waals surface area contributed by atoms with E-state index in [1.54, 1.807) is 7.11 Å². The summed E-state index contributed by atoms with van der Waals surface area (Å²) in [5.41, 5.74) is 0. The van der Waals surface area contributed by atoms with Crippen molar-refractivity contribution in [2.75, 3.05) is 13.7 Å². The number of methoxy groups -OCH3 is 1. The van der Waals surface area contributed by atoms with Gasteiger partial charge in [-0.2, -0.15) is 0 Å². The summed E-state index contributed by atoms with van der Waals surface area (Å²) < 4.78 is 10.6. The van der Waals surface area contributed by atoms with E-state index in [0.717, 1.165) is 17.9 Å². The van der Waals surface area contributed by atoms with E-state index in [2.05, 4.69) is 0 Å². The Balaban J connectivity index is 2.54. The van der Waals surface area contributed by atoms with Crippen LogP contribution < -0.4 is 9.47 Å². The van der Waals surface area contributed by atoms with Gasteiger partial charge in [-0.05, 0) is 18.6 Å². The van der Waals surface area contributed by atoms with E-state index in [1.807, 2.05) is 24.3 Å². The SMILES string of the molecule is [B]CCCOc1ccccc1OC. The third-order valence-corrected chi connectivity index (χ3v) is 1.68. The van der Waals surface area contributed by atoms with Crippen molar-refractivity contribution in [1.82, 2.24) is 0 Å². The highest BCUT2D eigenvalue weighted by molar-refractivity contribution is 6.08. The molecule has 0 aromatic heterocycles. The first-order chi connectivity index (χ1) is 6.38. The summed E-state index contributed by atoms with van der Waals surface area (Å²) in [6.07, 6.45) is 1.51. The van der Waals surface area contributed by atoms with Gasteiger partial charge in [0, 0.05) is 0 Å². The topological polar surface area (TPSA) is 18.5 Å². The zero-order valence-corrected chi connectivity index (χ0v) is 7.82. The van der Waals surface area contributed by atoms with E-state index in [4.69, 9.17) is 17.3 Å². The third kappa shape index (κ3) is 3.01. The van der Waals surface area contributed by atoms with Crippen LogP contribution in [0.15, 0.2) is 24.3 Å². The smallest absolute Gasteiger partial charge is 0.161 e. The first kappa shape index (κ1) is 9.97. The lowest BCUT2D eigenvalue weighted by molar-refractivity contribution is 0.294. The van der Waals surface area contributed by atoms with E-state index in [-0.39, 0.29) is 0 Å². The first-order valence-electron chi connectivity index (χ1n) is 4.34. The number of hydrogen-bond donors (Lipinski definition) is 0. The Morgan fingerprint density at radius 1 is 1.23 bits per heavy atom. The highest BCUT2D eigenvalue weighted by Gasteiger charge is 2.00. The molecule has 68 valence electrons. The average Bonchev–Trinajstić information content (AvgIpc) is 2.19. The lowest BCUT2D eigenvalue weighted by Gasteiger charge is -2.09. The van der Waals surface area contributed by atoms with Crippen LogP contribution in [0.4, 0.5) is 0 Å². The van der Waals surface area contributed by atoms with Crippen molar-refractivity contribution >= 4 is 7.85 Å². The van der Waals surface area contributed by atoms with Crippen LogP contribution in [0.2, 0.25) is 6.32 Å². The Morgan fingerprint density at radius 2 is 1.92 bits per heavy atom. The minimum Gasteiger partial charge on any atom is -0.493 e. The molecule has 13 heavy (non-hydrogen) atoms. The van der Waals surface area contributed by atoms with Gasteiger partial charge >= 0.3 is 0 Å². The van der Waals surface area contributed by atoms with E-state index in [9.17, 15) is 0 Å². The van der Waals surface area contributed by atoms with Crippen molar-refractivity contribution < 1.29 is 9.47 Å². The molecule has 3 heteroatoms. The van der Waals surface area contributed by atoms with Crippen molar-refractivity contribution in [2.24, 2.45) is 0 Å². The molecule has 0 unspecified atom stereocenters. The van der Waals surface area contributed by atoms with Crippen molar-refractivity contribution in [3.63, 3.8) is 0 Å². The van der Waals surface area contributed by atoms with Gasteiger partial charge in [-0.1, -0.05) is 18.5 Å². The molecule has 0 aliphatic heterocycles. The zero-order valence-electron chi connectivity index (χ0n) is 7.82. The molecule has 0 heterocycles. The fourth-order valence-corrected chi connectivity index (χ4v) is 1.00. The van der Waals surface area contributed by atoms with Crippen LogP contribution in [0.25, 0.3) is 0 Å². The van der Waals surface area contributed by atoms with E-state index >= 15 is 0 Å². The lowest BCUT2D eigenvalue weighted by atomic mass is 10.0. The maximum absolute atomic E-state index is 5.46. The molecule has 1 aromatic rings. The van der Waals surface area contributed by atoms with E-state index < -0.39 is 0 Å². The monoisotopic (exact) mass is 176 g/mol. The van der Waals surface area contributed by atoms with Gasteiger partial charge in [-0.3, -0.25) is 0 Å². The van der Waals surface area contributed by atoms with Crippen LogP contribution in [0.1, 0.15) is 6.42 Å². The Kier molecular flexibility index (Phi) is 4.23. The maximum atomic E-state index is 5.46. The number of para-hydroxylation sites is 2. The number of rotatable bonds is 5. The maximum Gasteiger partial charge on any atom is 0.161 e. The van der Waals surface area contributed by atoms with Gasteiger partial charge in [-0.15, -0.1) is 0 Å². The molecule has 0 saturated carbocycles. The second-order valence-corrected chi connectivity index (χ2v) is 2.64. The predicted octanol–water partition coefficient (Wildman–Crippen LogP) is 2.05. The Hall–Kier alpha value is -1.12. The molecule has 2 radical (unpaired) electrons. The van der Waals surface area contributed by atoms with Crippen LogP contribution in [0, 0.1) is 0 Å². The molecule has 0 amide bonds. The van der Waals surface area contributed by atoms with Crippen molar-refractivity contribution in [2.45, 2.75) is 12.7 Å². The van der Waals surface area contributed by atoms with Gasteiger partial charge in [0.25, 0.3) is 0 Å². The summed E-state index contributed by atoms with van der Waals surface area (Å²) in [5, 5.41) is 0. The van der Waals surface area contributed by atoms with Gasteiger partial charge in [0.2, 0.25) is 0 Å². The Labute approximate surface area is 80.3 Å². The molecule has 0 saturated heterocycles. The molecule has 0 fully saturated rings. The molecule has 1 rings (SSSR count). The third-order valence-electron chi connectivity index (χ3n) is 1.68. The largest absolute Gasteiger partial charge is 0.493 e. The van der Waals surface area contributed by atoms with Gasteiger partial charge in [0.05, 0.1) is 21.6 Å². The van der Waals surface area contributed by atoms with Crippen molar-refractivity contribution in [1.29, 1.82) is 0 Å². The summed E-state index contributed by atoms with van der Waals surface area (Å²) in [7, 11) is 6.98. The molecule has 0 N–H and O–H groups in total. The molecule has 2 nitrogen and oxygen atoms in total. The molecule has 0 aliphatic rings. The normalized spacial score (nSPS) is 9.62. The summed E-state index contributed by atoms with van der Waals surface area (Å²) in [6, 6.07) is 7.59. The van der Waals surface area contributed by atoms with Gasteiger partial charge in [0.1, 0.15) is 0 Å². The van der Waals surface area contributed by atoms with Gasteiger partial charge in [-0.25, -0.2) is 0 Å². The molecule has 0 atom stereocenters. The Morgan fingerprint density at radius 3 is 2.54 bits per heavy atom. The second-order valence-electron chi connectivity index (χ2n) is 2.64. The lowest BCUT2D eigenvalue weighted by Crippen LogP contribution is -1.98. The highest BCUT2D eigenvalue weighted by atomic mass is 16.5. The average molecular weight is 176 g/mol. The second kappa shape index (κ2) is 5.52. The van der Waals surface area contributed by atoms with Crippen LogP contribution >= 0.6 is 0 Å². The quantitative estimate of drug-likeness (QED) is 0.504. The summed E-state index contributed by atoms with van der Waals surface area (Å²) in [4.78, 5) is 0. The number of benzene rings is 1. The molecule has 1 aromatic carbocycles. The number of ether oxygens (including phenoxy) is 2. The van der Waals surface area contributed by atoms with Crippen LogP contribution in [0.3, 0.4) is 0 Å². The Bertz CT molecular complexity index is 250. The summed E-state index contributed by atoms with van der Waals surface area (Å²) in [6.45, 7) is 0.636. The van der Waals surface area contributed by atoms with Crippen molar-refractivity contribution in [3.05, 3.63) is 24.3 Å². The highest BCUT2D eigenvalue weighted by Crippen LogP contribution is 2.25. The van der Waals surface area contributed by atoms with Gasteiger partial charge < -0.3 is 9.47 Å². The number of hydrogen-bond acceptors (Lipinski definition) is 2. The molecule has 0 bridgehead atoms. The minimum atomic E-state index is 0.636. The van der Waals surface area contributed by atoms with E-state index in [0.29, 0.717) is 12.9 Å². The molecular weight excluding hydrogens is 163 g/mol.